The number of anilines is 1. The lowest BCUT2D eigenvalue weighted by Gasteiger charge is -2.34. The third-order valence-electron chi connectivity index (χ3n) is 5.54. The maximum absolute atomic E-state index is 13.6. The second-order valence-corrected chi connectivity index (χ2v) is 11.6. The van der Waals surface area contributed by atoms with Gasteiger partial charge in [0, 0.05) is 12.1 Å². The molecule has 2 aromatic rings. The Kier molecular flexibility index (Phi) is 8.89. The highest BCUT2D eigenvalue weighted by Crippen LogP contribution is 2.22. The van der Waals surface area contributed by atoms with Crippen molar-refractivity contribution in [2.75, 3.05) is 17.1 Å². The number of carbonyl (C=O) groups is 2. The Hall–Kier alpha value is -2.87. The fraction of sp³-hybridized carbons (Fsp3) is 0.462. The second kappa shape index (κ2) is 11.0. The molecule has 7 nitrogen and oxygen atoms in total. The van der Waals surface area contributed by atoms with E-state index in [1.54, 1.807) is 12.1 Å². The van der Waals surface area contributed by atoms with E-state index in [-0.39, 0.29) is 12.5 Å². The maximum Gasteiger partial charge on any atom is 0.244 e. The van der Waals surface area contributed by atoms with Crippen LogP contribution in [-0.2, 0) is 26.2 Å². The summed E-state index contributed by atoms with van der Waals surface area (Å²) in [4.78, 5) is 28.2. The van der Waals surface area contributed by atoms with Crippen molar-refractivity contribution in [3.05, 3.63) is 65.2 Å². The summed E-state index contributed by atoms with van der Waals surface area (Å²) in [5.41, 5.74) is 2.76. The van der Waals surface area contributed by atoms with Crippen LogP contribution in [0.4, 0.5) is 5.69 Å². The van der Waals surface area contributed by atoms with Gasteiger partial charge >= 0.3 is 0 Å². The topological polar surface area (TPSA) is 86.8 Å². The van der Waals surface area contributed by atoms with Gasteiger partial charge in [-0.1, -0.05) is 43.3 Å². The van der Waals surface area contributed by atoms with E-state index >= 15 is 0 Å². The van der Waals surface area contributed by atoms with Crippen LogP contribution in [0.5, 0.6) is 0 Å². The van der Waals surface area contributed by atoms with Gasteiger partial charge in [-0.2, -0.15) is 0 Å². The summed E-state index contributed by atoms with van der Waals surface area (Å²) in [7, 11) is -3.75. The number of nitrogens with zero attached hydrogens (tertiary/aromatic N) is 2. The number of benzene rings is 2. The van der Waals surface area contributed by atoms with Crippen LogP contribution in [0.25, 0.3) is 0 Å². The first-order valence-corrected chi connectivity index (χ1v) is 13.3. The third kappa shape index (κ3) is 7.58. The van der Waals surface area contributed by atoms with E-state index in [1.807, 2.05) is 77.9 Å². The summed E-state index contributed by atoms with van der Waals surface area (Å²) in [5, 5.41) is 2.96. The van der Waals surface area contributed by atoms with Crippen LogP contribution in [0.1, 0.15) is 50.8 Å². The number of hydrogen-bond donors (Lipinski definition) is 1. The molecular formula is C26H37N3O4S. The zero-order valence-electron chi connectivity index (χ0n) is 21.3. The summed E-state index contributed by atoms with van der Waals surface area (Å²) in [6.07, 6.45) is 1.48. The molecule has 0 aliphatic heterocycles. The van der Waals surface area contributed by atoms with Gasteiger partial charge in [0.25, 0.3) is 0 Å². The molecule has 0 heterocycles. The molecule has 0 bridgehead atoms. The summed E-state index contributed by atoms with van der Waals surface area (Å²) in [5.74, 6) is -0.709. The second-order valence-electron chi connectivity index (χ2n) is 9.71. The Balaban J connectivity index is 2.45. The smallest absolute Gasteiger partial charge is 0.244 e. The van der Waals surface area contributed by atoms with Crippen molar-refractivity contribution in [2.24, 2.45) is 0 Å². The molecule has 0 aliphatic rings. The van der Waals surface area contributed by atoms with Crippen LogP contribution < -0.4 is 9.62 Å². The van der Waals surface area contributed by atoms with Crippen molar-refractivity contribution in [1.29, 1.82) is 0 Å². The molecule has 0 spiro atoms. The number of aryl methyl sites for hydroxylation is 2. The predicted octanol–water partition coefficient (Wildman–Crippen LogP) is 3.79. The first-order valence-electron chi connectivity index (χ1n) is 11.4. The number of rotatable bonds is 9. The fourth-order valence-electron chi connectivity index (χ4n) is 3.65. The molecule has 1 N–H and O–H groups in total. The third-order valence-corrected chi connectivity index (χ3v) is 6.68. The van der Waals surface area contributed by atoms with E-state index in [4.69, 9.17) is 0 Å². The zero-order valence-corrected chi connectivity index (χ0v) is 22.1. The Labute approximate surface area is 204 Å². The Morgan fingerprint density at radius 3 is 2.12 bits per heavy atom. The highest BCUT2D eigenvalue weighted by Gasteiger charge is 2.33. The van der Waals surface area contributed by atoms with Gasteiger partial charge in [-0.3, -0.25) is 13.9 Å². The Morgan fingerprint density at radius 1 is 1.00 bits per heavy atom. The molecule has 0 saturated heterocycles. The molecule has 0 saturated carbocycles. The minimum absolute atomic E-state index is 0.195. The summed E-state index contributed by atoms with van der Waals surface area (Å²) >= 11 is 0. The van der Waals surface area contributed by atoms with Crippen LogP contribution in [0, 0.1) is 13.8 Å². The lowest BCUT2D eigenvalue weighted by Crippen LogP contribution is -2.55. The Morgan fingerprint density at radius 2 is 1.62 bits per heavy atom. The van der Waals surface area contributed by atoms with Gasteiger partial charge in [0.05, 0.1) is 11.9 Å². The van der Waals surface area contributed by atoms with Crippen molar-refractivity contribution < 1.29 is 18.0 Å². The SMILES string of the molecule is CC[C@@H](C(=O)NC(C)(C)C)N(Cc1ccccc1)C(=O)CN(c1ccc(C)c(C)c1)S(C)(=O)=O. The molecule has 0 aliphatic carbocycles. The number of carbonyl (C=O) groups excluding carboxylic acids is 2. The normalized spacial score (nSPS) is 12.7. The van der Waals surface area contributed by atoms with E-state index < -0.39 is 34.1 Å². The van der Waals surface area contributed by atoms with Crippen LogP contribution >= 0.6 is 0 Å². The van der Waals surface area contributed by atoms with Crippen LogP contribution in [0.2, 0.25) is 0 Å². The predicted molar refractivity (Wildman–Crippen MR) is 137 cm³/mol. The summed E-state index contributed by atoms with van der Waals surface area (Å²) in [6.45, 7) is 11.1. The number of hydrogen-bond acceptors (Lipinski definition) is 4. The maximum atomic E-state index is 13.6. The minimum atomic E-state index is -3.75. The first-order chi connectivity index (χ1) is 15.7. The highest BCUT2D eigenvalue weighted by molar-refractivity contribution is 7.92. The molecule has 2 aromatic carbocycles. The van der Waals surface area contributed by atoms with Crippen LogP contribution in [0.15, 0.2) is 48.5 Å². The molecule has 0 fully saturated rings. The van der Waals surface area contributed by atoms with E-state index in [1.165, 1.54) is 4.90 Å². The average Bonchev–Trinajstić information content (AvgIpc) is 2.72. The molecule has 0 radical (unpaired) electrons. The van der Waals surface area contributed by atoms with Crippen molar-refractivity contribution in [1.82, 2.24) is 10.2 Å². The van der Waals surface area contributed by atoms with Crippen molar-refractivity contribution in [3.63, 3.8) is 0 Å². The Bertz CT molecular complexity index is 1110. The van der Waals surface area contributed by atoms with Crippen molar-refractivity contribution >= 4 is 27.5 Å². The van der Waals surface area contributed by atoms with Gasteiger partial charge in [-0.25, -0.2) is 8.42 Å². The minimum Gasteiger partial charge on any atom is -0.350 e. The van der Waals surface area contributed by atoms with Crippen molar-refractivity contribution in [2.45, 2.75) is 66.1 Å². The quantitative estimate of drug-likeness (QED) is 0.583. The number of amides is 2. The highest BCUT2D eigenvalue weighted by atomic mass is 32.2. The van der Waals surface area contributed by atoms with Gasteiger partial charge in [0.15, 0.2) is 0 Å². The van der Waals surface area contributed by atoms with Crippen molar-refractivity contribution in [3.8, 4) is 0 Å². The molecule has 34 heavy (non-hydrogen) atoms. The number of nitrogens with one attached hydrogen (secondary N) is 1. The van der Waals surface area contributed by atoms with Gasteiger partial charge in [0.1, 0.15) is 12.6 Å². The van der Waals surface area contributed by atoms with Crippen LogP contribution in [-0.4, -0.2) is 49.5 Å². The molecule has 8 heteroatoms. The number of sulfonamides is 1. The molecule has 2 amide bonds. The van der Waals surface area contributed by atoms with E-state index in [0.29, 0.717) is 12.1 Å². The lowest BCUT2D eigenvalue weighted by atomic mass is 10.1. The summed E-state index contributed by atoms with van der Waals surface area (Å²) in [6, 6.07) is 13.9. The average molecular weight is 488 g/mol. The van der Waals surface area contributed by atoms with Gasteiger partial charge in [-0.15, -0.1) is 0 Å². The molecule has 2 rings (SSSR count). The first kappa shape index (κ1) is 27.4. The molecule has 1 atom stereocenters. The largest absolute Gasteiger partial charge is 0.350 e. The molecule has 186 valence electrons. The molecule has 0 aromatic heterocycles. The molecule has 0 unspecified atom stereocenters. The van der Waals surface area contributed by atoms with Crippen LogP contribution in [0.3, 0.4) is 0 Å². The van der Waals surface area contributed by atoms with E-state index in [2.05, 4.69) is 5.32 Å². The lowest BCUT2D eigenvalue weighted by molar-refractivity contribution is -0.141. The van der Waals surface area contributed by atoms with Gasteiger partial charge in [0.2, 0.25) is 21.8 Å². The van der Waals surface area contributed by atoms with Gasteiger partial charge in [-0.05, 0) is 69.9 Å². The van der Waals surface area contributed by atoms with E-state index in [0.717, 1.165) is 27.3 Å². The zero-order chi connectivity index (χ0) is 25.7. The fourth-order valence-corrected chi connectivity index (χ4v) is 4.49. The van der Waals surface area contributed by atoms with Gasteiger partial charge < -0.3 is 10.2 Å². The monoisotopic (exact) mass is 487 g/mol. The summed E-state index contributed by atoms with van der Waals surface area (Å²) < 4.78 is 26.5. The standard InChI is InChI=1S/C26H37N3O4S/c1-8-23(25(31)27-26(4,5)6)28(17-21-12-10-9-11-13-21)24(30)18-29(34(7,32)33)22-15-14-19(2)20(3)16-22/h9-16,23H,8,17-18H2,1-7H3,(H,27,31)/t23-/m0/s1. The molecular weight excluding hydrogens is 450 g/mol. The van der Waals surface area contributed by atoms with E-state index in [9.17, 15) is 18.0 Å².